The van der Waals surface area contributed by atoms with Crippen molar-refractivity contribution < 1.29 is 14.2 Å². The number of hydrogen-bond acceptors (Lipinski definition) is 2. The third-order valence-corrected chi connectivity index (χ3v) is 3.44. The highest BCUT2D eigenvalue weighted by Crippen LogP contribution is 2.27. The maximum Gasteiger partial charge on any atom is 0.125 e. The number of aliphatic hydroxyl groups excluding tert-OH is 1. The molecule has 0 aliphatic carbocycles. The third-order valence-electron chi connectivity index (χ3n) is 3.44. The van der Waals surface area contributed by atoms with E-state index in [-0.39, 0.29) is 5.82 Å². The Labute approximate surface area is 118 Å². The molecule has 0 unspecified atom stereocenters. The zero-order valence-electron chi connectivity index (χ0n) is 12.0. The van der Waals surface area contributed by atoms with Crippen molar-refractivity contribution in [1.29, 1.82) is 0 Å². The molecule has 0 heterocycles. The van der Waals surface area contributed by atoms with Crippen LogP contribution >= 0.6 is 0 Å². The first-order valence-corrected chi connectivity index (χ1v) is 6.64. The smallest absolute Gasteiger partial charge is 0.125 e. The second-order valence-electron chi connectivity index (χ2n) is 5.02. The monoisotopic (exact) mass is 274 g/mol. The zero-order chi connectivity index (χ0) is 14.7. The molecule has 0 aromatic heterocycles. The van der Waals surface area contributed by atoms with Gasteiger partial charge in [-0.15, -0.1) is 0 Å². The SMILES string of the molecule is Cc1cccc(C)c1COc1ccc(F)cc1[C@@H](C)O. The maximum atomic E-state index is 13.2. The van der Waals surface area contributed by atoms with Gasteiger partial charge in [0.15, 0.2) is 0 Å². The summed E-state index contributed by atoms with van der Waals surface area (Å²) in [6.07, 6.45) is -0.765. The van der Waals surface area contributed by atoms with Gasteiger partial charge in [-0.25, -0.2) is 4.39 Å². The van der Waals surface area contributed by atoms with Crippen molar-refractivity contribution in [1.82, 2.24) is 0 Å². The molecule has 2 nitrogen and oxygen atoms in total. The summed E-state index contributed by atoms with van der Waals surface area (Å²) in [4.78, 5) is 0. The summed E-state index contributed by atoms with van der Waals surface area (Å²) in [5, 5.41) is 9.69. The van der Waals surface area contributed by atoms with Crippen LogP contribution in [0.4, 0.5) is 4.39 Å². The molecule has 0 aliphatic heterocycles. The van der Waals surface area contributed by atoms with Crippen molar-refractivity contribution in [2.24, 2.45) is 0 Å². The normalized spacial score (nSPS) is 12.2. The molecule has 0 radical (unpaired) electrons. The highest BCUT2D eigenvalue weighted by molar-refractivity contribution is 5.37. The largest absolute Gasteiger partial charge is 0.488 e. The highest BCUT2D eigenvalue weighted by atomic mass is 19.1. The van der Waals surface area contributed by atoms with E-state index in [0.29, 0.717) is 17.9 Å². The van der Waals surface area contributed by atoms with E-state index in [2.05, 4.69) is 0 Å². The summed E-state index contributed by atoms with van der Waals surface area (Å²) >= 11 is 0. The summed E-state index contributed by atoms with van der Waals surface area (Å²) in [6, 6.07) is 10.3. The molecule has 0 saturated heterocycles. The molecular weight excluding hydrogens is 255 g/mol. The lowest BCUT2D eigenvalue weighted by atomic mass is 10.0. The zero-order valence-corrected chi connectivity index (χ0v) is 12.0. The van der Waals surface area contributed by atoms with Crippen molar-refractivity contribution in [2.75, 3.05) is 0 Å². The molecule has 0 bridgehead atoms. The minimum Gasteiger partial charge on any atom is -0.488 e. The van der Waals surface area contributed by atoms with E-state index in [0.717, 1.165) is 16.7 Å². The molecule has 0 spiro atoms. The fourth-order valence-corrected chi connectivity index (χ4v) is 2.20. The van der Waals surface area contributed by atoms with Crippen LogP contribution in [0.25, 0.3) is 0 Å². The summed E-state index contributed by atoms with van der Waals surface area (Å²) < 4.78 is 19.0. The average Bonchev–Trinajstić information content (AvgIpc) is 2.39. The first-order chi connectivity index (χ1) is 9.49. The molecule has 2 aromatic carbocycles. The topological polar surface area (TPSA) is 29.5 Å². The van der Waals surface area contributed by atoms with E-state index >= 15 is 0 Å². The molecule has 106 valence electrons. The average molecular weight is 274 g/mol. The van der Waals surface area contributed by atoms with Gasteiger partial charge in [-0.1, -0.05) is 18.2 Å². The van der Waals surface area contributed by atoms with Gasteiger partial charge >= 0.3 is 0 Å². The summed E-state index contributed by atoms with van der Waals surface area (Å²) in [7, 11) is 0. The molecule has 1 N–H and O–H groups in total. The molecule has 0 amide bonds. The molecule has 2 rings (SSSR count). The number of hydrogen-bond donors (Lipinski definition) is 1. The lowest BCUT2D eigenvalue weighted by Gasteiger charge is -2.15. The molecule has 0 aliphatic rings. The molecule has 1 atom stereocenters. The van der Waals surface area contributed by atoms with E-state index in [1.165, 1.54) is 12.1 Å². The van der Waals surface area contributed by atoms with Crippen LogP contribution in [0.5, 0.6) is 5.75 Å². The maximum absolute atomic E-state index is 13.2. The van der Waals surface area contributed by atoms with Gasteiger partial charge in [0.2, 0.25) is 0 Å². The van der Waals surface area contributed by atoms with Crippen LogP contribution in [-0.4, -0.2) is 5.11 Å². The molecule has 2 aromatic rings. The Hall–Kier alpha value is -1.87. The van der Waals surface area contributed by atoms with Crippen LogP contribution < -0.4 is 4.74 Å². The van der Waals surface area contributed by atoms with E-state index < -0.39 is 6.10 Å². The number of halogens is 1. The number of ether oxygens (including phenoxy) is 1. The van der Waals surface area contributed by atoms with Crippen molar-refractivity contribution >= 4 is 0 Å². The van der Waals surface area contributed by atoms with Crippen molar-refractivity contribution in [3.05, 3.63) is 64.5 Å². The van der Waals surface area contributed by atoms with Crippen molar-refractivity contribution in [3.63, 3.8) is 0 Å². The number of benzene rings is 2. The van der Waals surface area contributed by atoms with Gasteiger partial charge in [-0.05, 0) is 55.7 Å². The second-order valence-corrected chi connectivity index (χ2v) is 5.02. The van der Waals surface area contributed by atoms with Crippen LogP contribution in [0, 0.1) is 19.7 Å². The summed E-state index contributed by atoms with van der Waals surface area (Å²) in [6.45, 7) is 6.07. The van der Waals surface area contributed by atoms with Crippen LogP contribution in [0.15, 0.2) is 36.4 Å². The lowest BCUT2D eigenvalue weighted by molar-refractivity contribution is 0.189. The van der Waals surface area contributed by atoms with Gasteiger partial charge in [0.25, 0.3) is 0 Å². The number of aliphatic hydroxyl groups is 1. The quantitative estimate of drug-likeness (QED) is 0.910. The minimum absolute atomic E-state index is 0.375. The van der Waals surface area contributed by atoms with Gasteiger partial charge in [-0.3, -0.25) is 0 Å². The fourth-order valence-electron chi connectivity index (χ4n) is 2.20. The van der Waals surface area contributed by atoms with Crippen LogP contribution in [-0.2, 0) is 6.61 Å². The van der Waals surface area contributed by atoms with Gasteiger partial charge in [0.1, 0.15) is 18.2 Å². The van der Waals surface area contributed by atoms with Crippen molar-refractivity contribution in [2.45, 2.75) is 33.5 Å². The summed E-state index contributed by atoms with van der Waals surface area (Å²) in [5.41, 5.74) is 3.90. The van der Waals surface area contributed by atoms with Crippen LogP contribution in [0.2, 0.25) is 0 Å². The fraction of sp³-hybridized carbons (Fsp3) is 0.294. The summed E-state index contributed by atoms with van der Waals surface area (Å²) in [5.74, 6) is 0.143. The van der Waals surface area contributed by atoms with Gasteiger partial charge in [0, 0.05) is 5.56 Å². The molecule has 20 heavy (non-hydrogen) atoms. The Morgan fingerprint density at radius 1 is 1.15 bits per heavy atom. The first-order valence-electron chi connectivity index (χ1n) is 6.64. The van der Waals surface area contributed by atoms with E-state index in [9.17, 15) is 9.50 Å². The predicted molar refractivity (Wildman–Crippen MR) is 77.3 cm³/mol. The molecule has 0 saturated carbocycles. The molecular formula is C17H19FO2. The van der Waals surface area contributed by atoms with E-state index in [4.69, 9.17) is 4.74 Å². The van der Waals surface area contributed by atoms with Gasteiger partial charge in [0.05, 0.1) is 6.10 Å². The number of rotatable bonds is 4. The Kier molecular flexibility index (Phi) is 4.40. The third kappa shape index (κ3) is 3.17. The Morgan fingerprint density at radius 2 is 1.80 bits per heavy atom. The van der Waals surface area contributed by atoms with E-state index in [1.54, 1.807) is 13.0 Å². The lowest BCUT2D eigenvalue weighted by Crippen LogP contribution is -2.04. The Balaban J connectivity index is 2.23. The Bertz CT molecular complexity index is 586. The second kappa shape index (κ2) is 6.06. The first kappa shape index (κ1) is 14.5. The Morgan fingerprint density at radius 3 is 2.40 bits per heavy atom. The highest BCUT2D eigenvalue weighted by Gasteiger charge is 2.11. The predicted octanol–water partition coefficient (Wildman–Crippen LogP) is 4.07. The van der Waals surface area contributed by atoms with Gasteiger partial charge in [-0.2, -0.15) is 0 Å². The standard InChI is InChI=1S/C17H19FO2/c1-11-5-4-6-12(2)16(11)10-20-17-8-7-14(18)9-15(17)13(3)19/h4-9,13,19H,10H2,1-3H3/t13-/m1/s1. The van der Waals surface area contributed by atoms with Crippen LogP contribution in [0.1, 0.15) is 35.3 Å². The minimum atomic E-state index is -0.765. The van der Waals surface area contributed by atoms with Gasteiger partial charge < -0.3 is 9.84 Å². The molecule has 3 heteroatoms. The van der Waals surface area contributed by atoms with Crippen molar-refractivity contribution in [3.8, 4) is 5.75 Å². The molecule has 0 fully saturated rings. The van der Waals surface area contributed by atoms with Crippen LogP contribution in [0.3, 0.4) is 0 Å². The number of aryl methyl sites for hydroxylation is 2. The van der Waals surface area contributed by atoms with E-state index in [1.807, 2.05) is 32.0 Å².